The zero-order chi connectivity index (χ0) is 15.6. The summed E-state index contributed by atoms with van der Waals surface area (Å²) in [5.74, 6) is -1.32. The van der Waals surface area contributed by atoms with Crippen molar-refractivity contribution in [1.82, 2.24) is 14.7 Å². The molecule has 6 heteroatoms. The largest absolute Gasteiger partial charge is 0.480 e. The van der Waals surface area contributed by atoms with E-state index in [0.717, 1.165) is 5.56 Å². The SMILES string of the molecule is Cc1cccn2cc(C(=O)NC(CC(C)C)C(=O)O)nc12. The second-order valence-electron chi connectivity index (χ2n) is 5.54. The number of hydrogen-bond acceptors (Lipinski definition) is 3. The molecule has 2 heterocycles. The smallest absolute Gasteiger partial charge is 0.326 e. The molecule has 1 amide bonds. The lowest BCUT2D eigenvalue weighted by atomic mass is 10.0. The summed E-state index contributed by atoms with van der Waals surface area (Å²) in [6, 6.07) is 2.87. The van der Waals surface area contributed by atoms with E-state index in [0.29, 0.717) is 12.1 Å². The third-order valence-corrected chi connectivity index (χ3v) is 3.22. The molecule has 0 fully saturated rings. The van der Waals surface area contributed by atoms with E-state index >= 15 is 0 Å². The van der Waals surface area contributed by atoms with Gasteiger partial charge in [-0.25, -0.2) is 9.78 Å². The molecule has 0 spiro atoms. The van der Waals surface area contributed by atoms with Gasteiger partial charge in [0.05, 0.1) is 0 Å². The van der Waals surface area contributed by atoms with Gasteiger partial charge >= 0.3 is 5.97 Å². The second-order valence-corrected chi connectivity index (χ2v) is 5.54. The van der Waals surface area contributed by atoms with Crippen molar-refractivity contribution in [2.45, 2.75) is 33.2 Å². The molecule has 0 saturated heterocycles. The molecule has 0 aliphatic rings. The quantitative estimate of drug-likeness (QED) is 0.880. The van der Waals surface area contributed by atoms with Crippen molar-refractivity contribution in [3.05, 3.63) is 35.8 Å². The minimum atomic E-state index is -1.03. The Morgan fingerprint density at radius 1 is 1.43 bits per heavy atom. The summed E-state index contributed by atoms with van der Waals surface area (Å²) in [5.41, 5.74) is 1.87. The van der Waals surface area contributed by atoms with E-state index in [9.17, 15) is 9.59 Å². The predicted molar refractivity (Wildman–Crippen MR) is 78.3 cm³/mol. The summed E-state index contributed by atoms with van der Waals surface area (Å²) in [4.78, 5) is 27.6. The normalized spacial score (nSPS) is 12.6. The van der Waals surface area contributed by atoms with Crippen molar-refractivity contribution in [2.24, 2.45) is 5.92 Å². The molecule has 1 atom stereocenters. The average molecular weight is 289 g/mol. The van der Waals surface area contributed by atoms with E-state index in [1.807, 2.05) is 32.9 Å². The van der Waals surface area contributed by atoms with Crippen LogP contribution >= 0.6 is 0 Å². The van der Waals surface area contributed by atoms with Gasteiger partial charge in [-0.3, -0.25) is 4.79 Å². The van der Waals surface area contributed by atoms with Gasteiger partial charge in [-0.05, 0) is 30.9 Å². The molecule has 0 aliphatic carbocycles. The molecule has 1 unspecified atom stereocenters. The fourth-order valence-electron chi connectivity index (χ4n) is 2.19. The average Bonchev–Trinajstić information content (AvgIpc) is 2.82. The van der Waals surface area contributed by atoms with Gasteiger partial charge < -0.3 is 14.8 Å². The molecular formula is C15H19N3O3. The van der Waals surface area contributed by atoms with E-state index < -0.39 is 17.9 Å². The number of rotatable bonds is 5. The first-order valence-corrected chi connectivity index (χ1v) is 6.86. The van der Waals surface area contributed by atoms with Crippen molar-refractivity contribution < 1.29 is 14.7 Å². The van der Waals surface area contributed by atoms with E-state index in [-0.39, 0.29) is 11.6 Å². The lowest BCUT2D eigenvalue weighted by Gasteiger charge is -2.15. The number of carboxylic acids is 1. The summed E-state index contributed by atoms with van der Waals surface area (Å²) in [5, 5.41) is 11.7. The highest BCUT2D eigenvalue weighted by molar-refractivity contribution is 5.95. The van der Waals surface area contributed by atoms with Crippen LogP contribution in [0, 0.1) is 12.8 Å². The highest BCUT2D eigenvalue weighted by Gasteiger charge is 2.23. The summed E-state index contributed by atoms with van der Waals surface area (Å²) >= 11 is 0. The second kappa shape index (κ2) is 5.95. The number of fused-ring (bicyclic) bond motifs is 1. The molecule has 2 rings (SSSR count). The Morgan fingerprint density at radius 3 is 2.71 bits per heavy atom. The zero-order valence-corrected chi connectivity index (χ0v) is 12.3. The van der Waals surface area contributed by atoms with Crippen molar-refractivity contribution in [3.63, 3.8) is 0 Å². The monoisotopic (exact) mass is 289 g/mol. The summed E-state index contributed by atoms with van der Waals surface area (Å²) < 4.78 is 1.75. The first kappa shape index (κ1) is 15.0. The molecule has 2 aromatic heterocycles. The van der Waals surface area contributed by atoms with Gasteiger partial charge in [0.15, 0.2) is 0 Å². The van der Waals surface area contributed by atoms with Gasteiger partial charge in [0.25, 0.3) is 5.91 Å². The molecule has 6 nitrogen and oxygen atoms in total. The van der Waals surface area contributed by atoms with Crippen molar-refractivity contribution in [1.29, 1.82) is 0 Å². The van der Waals surface area contributed by atoms with E-state index in [4.69, 9.17) is 5.11 Å². The molecule has 2 aromatic rings. The molecule has 2 N–H and O–H groups in total. The Kier molecular flexibility index (Phi) is 4.26. The van der Waals surface area contributed by atoms with Crippen LogP contribution in [-0.4, -0.2) is 32.4 Å². The fraction of sp³-hybridized carbons (Fsp3) is 0.400. The van der Waals surface area contributed by atoms with Gasteiger partial charge in [0, 0.05) is 12.4 Å². The number of carbonyl (C=O) groups is 2. The van der Waals surface area contributed by atoms with Crippen molar-refractivity contribution in [3.8, 4) is 0 Å². The Morgan fingerprint density at radius 2 is 2.14 bits per heavy atom. The maximum atomic E-state index is 12.2. The number of carbonyl (C=O) groups excluding carboxylic acids is 1. The minimum Gasteiger partial charge on any atom is -0.480 e. The van der Waals surface area contributed by atoms with Gasteiger partial charge in [0.2, 0.25) is 0 Å². The van der Waals surface area contributed by atoms with Crippen LogP contribution < -0.4 is 5.32 Å². The number of hydrogen-bond donors (Lipinski definition) is 2. The van der Waals surface area contributed by atoms with Gasteiger partial charge in [0.1, 0.15) is 17.4 Å². The third kappa shape index (κ3) is 3.39. The Balaban J connectivity index is 2.21. The van der Waals surface area contributed by atoms with E-state index in [2.05, 4.69) is 10.3 Å². The van der Waals surface area contributed by atoms with Crippen LogP contribution in [0.2, 0.25) is 0 Å². The number of imidazole rings is 1. The topological polar surface area (TPSA) is 83.7 Å². The predicted octanol–water partition coefficient (Wildman–Crippen LogP) is 1.87. The van der Waals surface area contributed by atoms with Crippen LogP contribution in [0.4, 0.5) is 0 Å². The number of nitrogens with zero attached hydrogens (tertiary/aromatic N) is 2. The zero-order valence-electron chi connectivity index (χ0n) is 12.3. The number of aromatic nitrogens is 2. The fourth-order valence-corrected chi connectivity index (χ4v) is 2.19. The standard InChI is InChI=1S/C15H19N3O3/c1-9(2)7-11(15(20)21)17-14(19)12-8-18-6-4-5-10(3)13(18)16-12/h4-6,8-9,11H,7H2,1-3H3,(H,17,19)(H,20,21). The number of aryl methyl sites for hydroxylation is 1. The number of aliphatic carboxylic acids is 1. The molecule has 0 radical (unpaired) electrons. The van der Waals surface area contributed by atoms with E-state index in [1.54, 1.807) is 16.8 Å². The summed E-state index contributed by atoms with van der Waals surface area (Å²) in [6.07, 6.45) is 3.79. The van der Waals surface area contributed by atoms with Crippen molar-refractivity contribution >= 4 is 17.5 Å². The number of carboxylic acid groups (broad SMARTS) is 1. The van der Waals surface area contributed by atoms with Crippen LogP contribution in [0.5, 0.6) is 0 Å². The van der Waals surface area contributed by atoms with Crippen LogP contribution in [-0.2, 0) is 4.79 Å². The third-order valence-electron chi connectivity index (χ3n) is 3.22. The first-order chi connectivity index (χ1) is 9.88. The van der Waals surface area contributed by atoms with Crippen LogP contribution in [0.15, 0.2) is 24.5 Å². The first-order valence-electron chi connectivity index (χ1n) is 6.86. The van der Waals surface area contributed by atoms with Crippen molar-refractivity contribution in [2.75, 3.05) is 0 Å². The molecule has 0 aliphatic heterocycles. The number of nitrogens with one attached hydrogen (secondary N) is 1. The van der Waals surface area contributed by atoms with Crippen LogP contribution in [0.25, 0.3) is 5.65 Å². The van der Waals surface area contributed by atoms with Crippen LogP contribution in [0.3, 0.4) is 0 Å². The molecule has 0 aromatic carbocycles. The Bertz CT molecular complexity index is 676. The lowest BCUT2D eigenvalue weighted by Crippen LogP contribution is -2.41. The summed E-state index contributed by atoms with van der Waals surface area (Å²) in [7, 11) is 0. The number of pyridine rings is 1. The van der Waals surface area contributed by atoms with Gasteiger partial charge in [-0.1, -0.05) is 19.9 Å². The highest BCUT2D eigenvalue weighted by Crippen LogP contribution is 2.11. The maximum absolute atomic E-state index is 12.2. The minimum absolute atomic E-state index is 0.176. The molecule has 0 saturated carbocycles. The Hall–Kier alpha value is -2.37. The van der Waals surface area contributed by atoms with Gasteiger partial charge in [-0.15, -0.1) is 0 Å². The summed E-state index contributed by atoms with van der Waals surface area (Å²) in [6.45, 7) is 5.73. The molecular weight excluding hydrogens is 270 g/mol. The molecule has 112 valence electrons. The van der Waals surface area contributed by atoms with Gasteiger partial charge in [-0.2, -0.15) is 0 Å². The Labute approximate surface area is 122 Å². The van der Waals surface area contributed by atoms with Crippen LogP contribution in [0.1, 0.15) is 36.3 Å². The lowest BCUT2D eigenvalue weighted by molar-refractivity contribution is -0.139. The highest BCUT2D eigenvalue weighted by atomic mass is 16.4. The maximum Gasteiger partial charge on any atom is 0.326 e. The molecule has 21 heavy (non-hydrogen) atoms. The van der Waals surface area contributed by atoms with E-state index in [1.165, 1.54) is 0 Å². The number of amides is 1. The molecule has 0 bridgehead atoms.